The van der Waals surface area contributed by atoms with E-state index in [1.54, 1.807) is 19.5 Å². The van der Waals surface area contributed by atoms with Crippen molar-refractivity contribution in [1.82, 2.24) is 4.98 Å². The second-order valence-corrected chi connectivity index (χ2v) is 7.47. The molecule has 0 radical (unpaired) electrons. The summed E-state index contributed by atoms with van der Waals surface area (Å²) in [6, 6.07) is 28.5. The van der Waals surface area contributed by atoms with Gasteiger partial charge in [-0.25, -0.2) is 0 Å². The molecule has 0 aliphatic heterocycles. The summed E-state index contributed by atoms with van der Waals surface area (Å²) in [4.78, 5) is 17.2. The van der Waals surface area contributed by atoms with Crippen LogP contribution >= 0.6 is 0 Å². The summed E-state index contributed by atoms with van der Waals surface area (Å²) in [6.07, 6.45) is 3.40. The number of pyridine rings is 1. The summed E-state index contributed by atoms with van der Waals surface area (Å²) in [6.45, 7) is 0. The third-order valence-corrected chi connectivity index (χ3v) is 5.45. The number of aromatic nitrogens is 1. The predicted molar refractivity (Wildman–Crippen MR) is 128 cm³/mol. The summed E-state index contributed by atoms with van der Waals surface area (Å²) in [5.74, 6) is 0.203. The first-order chi connectivity index (χ1) is 15.7. The lowest BCUT2D eigenvalue weighted by molar-refractivity contribution is -0.117. The lowest BCUT2D eigenvalue weighted by atomic mass is 9.85. The SMILES string of the molecule is COc1cnccc1-c1ccc(NC(=O)[C@@H](N)C(c2ccccc2)c2ccccc2)cc1. The number of rotatable bonds is 7. The minimum Gasteiger partial charge on any atom is -0.494 e. The minimum absolute atomic E-state index is 0.239. The maximum Gasteiger partial charge on any atom is 0.242 e. The number of carbonyl (C=O) groups is 1. The fourth-order valence-electron chi connectivity index (χ4n) is 3.82. The molecule has 0 unspecified atom stereocenters. The monoisotopic (exact) mass is 423 g/mol. The van der Waals surface area contributed by atoms with E-state index >= 15 is 0 Å². The molecule has 4 rings (SSSR count). The minimum atomic E-state index is -0.750. The van der Waals surface area contributed by atoms with E-state index in [0.29, 0.717) is 11.4 Å². The molecule has 0 fully saturated rings. The number of ether oxygens (including phenoxy) is 1. The number of benzene rings is 3. The Hall–Kier alpha value is -3.96. The summed E-state index contributed by atoms with van der Waals surface area (Å²) in [7, 11) is 1.62. The van der Waals surface area contributed by atoms with E-state index in [1.165, 1.54) is 0 Å². The van der Waals surface area contributed by atoms with E-state index in [0.717, 1.165) is 22.3 Å². The second-order valence-electron chi connectivity index (χ2n) is 7.47. The van der Waals surface area contributed by atoms with E-state index in [4.69, 9.17) is 10.5 Å². The molecular formula is C27H25N3O2. The molecule has 0 saturated heterocycles. The molecular weight excluding hydrogens is 398 g/mol. The number of nitrogens with two attached hydrogens (primary N) is 1. The zero-order valence-corrected chi connectivity index (χ0v) is 17.8. The molecule has 1 atom stereocenters. The number of nitrogens with zero attached hydrogens (tertiary/aromatic N) is 1. The van der Waals surface area contributed by atoms with Crippen LogP contribution in [-0.2, 0) is 4.79 Å². The topological polar surface area (TPSA) is 77.2 Å². The van der Waals surface area contributed by atoms with E-state index in [1.807, 2.05) is 91.0 Å². The maximum absolute atomic E-state index is 13.1. The van der Waals surface area contributed by atoms with Gasteiger partial charge in [0.15, 0.2) is 0 Å². The van der Waals surface area contributed by atoms with Gasteiger partial charge in [-0.3, -0.25) is 9.78 Å². The molecule has 0 aliphatic rings. The van der Waals surface area contributed by atoms with E-state index < -0.39 is 6.04 Å². The van der Waals surface area contributed by atoms with E-state index in [-0.39, 0.29) is 11.8 Å². The number of hydrogen-bond acceptors (Lipinski definition) is 4. The quantitative estimate of drug-likeness (QED) is 0.445. The van der Waals surface area contributed by atoms with Crippen LogP contribution in [0.25, 0.3) is 11.1 Å². The van der Waals surface area contributed by atoms with Crippen molar-refractivity contribution in [3.05, 3.63) is 115 Å². The van der Waals surface area contributed by atoms with Gasteiger partial charge in [-0.05, 0) is 34.9 Å². The Morgan fingerprint density at radius 2 is 1.47 bits per heavy atom. The highest BCUT2D eigenvalue weighted by Crippen LogP contribution is 2.30. The van der Waals surface area contributed by atoms with Crippen LogP contribution in [0.3, 0.4) is 0 Å². The van der Waals surface area contributed by atoms with Gasteiger partial charge in [0.05, 0.1) is 19.3 Å². The molecule has 5 heteroatoms. The van der Waals surface area contributed by atoms with Gasteiger partial charge in [0.2, 0.25) is 5.91 Å². The highest BCUT2D eigenvalue weighted by Gasteiger charge is 2.27. The van der Waals surface area contributed by atoms with Crippen LogP contribution in [0.4, 0.5) is 5.69 Å². The Labute approximate surface area is 187 Å². The molecule has 1 amide bonds. The van der Waals surface area contributed by atoms with Crippen molar-refractivity contribution >= 4 is 11.6 Å². The van der Waals surface area contributed by atoms with Crippen LogP contribution in [0.15, 0.2) is 103 Å². The molecule has 0 aliphatic carbocycles. The average molecular weight is 424 g/mol. The molecule has 3 aromatic carbocycles. The molecule has 3 N–H and O–H groups in total. The van der Waals surface area contributed by atoms with E-state index in [9.17, 15) is 4.79 Å². The number of methoxy groups -OCH3 is 1. The Morgan fingerprint density at radius 1 is 0.875 bits per heavy atom. The summed E-state index contributed by atoms with van der Waals surface area (Å²) in [5.41, 5.74) is 11.1. The number of hydrogen-bond donors (Lipinski definition) is 2. The fraction of sp³-hybridized carbons (Fsp3) is 0.111. The molecule has 0 saturated carbocycles. The standard InChI is InChI=1S/C27H25N3O2/c1-32-24-18-29-17-16-23(24)19-12-14-22(15-13-19)30-27(31)26(28)25(20-8-4-2-5-9-20)21-10-6-3-7-11-21/h2-18,25-26H,28H2,1H3,(H,30,31)/t26-/m0/s1. The molecule has 0 bridgehead atoms. The number of carbonyl (C=O) groups excluding carboxylic acids is 1. The highest BCUT2D eigenvalue weighted by atomic mass is 16.5. The first-order valence-electron chi connectivity index (χ1n) is 10.4. The van der Waals surface area contributed by atoms with Crippen molar-refractivity contribution in [1.29, 1.82) is 0 Å². The zero-order chi connectivity index (χ0) is 22.3. The van der Waals surface area contributed by atoms with Gasteiger partial charge in [-0.1, -0.05) is 72.8 Å². The van der Waals surface area contributed by atoms with Crippen LogP contribution in [0, 0.1) is 0 Å². The molecule has 0 spiro atoms. The smallest absolute Gasteiger partial charge is 0.242 e. The van der Waals surface area contributed by atoms with Crippen LogP contribution in [0.1, 0.15) is 17.0 Å². The Morgan fingerprint density at radius 3 is 2.03 bits per heavy atom. The lowest BCUT2D eigenvalue weighted by Crippen LogP contribution is -2.41. The van der Waals surface area contributed by atoms with Gasteiger partial charge in [-0.2, -0.15) is 0 Å². The average Bonchev–Trinajstić information content (AvgIpc) is 2.86. The van der Waals surface area contributed by atoms with Gasteiger partial charge in [0.1, 0.15) is 5.75 Å². The zero-order valence-electron chi connectivity index (χ0n) is 17.8. The normalized spacial score (nSPS) is 11.7. The van der Waals surface area contributed by atoms with Crippen molar-refractivity contribution in [2.24, 2.45) is 5.73 Å². The molecule has 160 valence electrons. The fourth-order valence-corrected chi connectivity index (χ4v) is 3.82. The third kappa shape index (κ3) is 4.68. The van der Waals surface area contributed by atoms with Crippen LogP contribution < -0.4 is 15.8 Å². The van der Waals surface area contributed by atoms with Crippen LogP contribution in [0.2, 0.25) is 0 Å². The lowest BCUT2D eigenvalue weighted by Gasteiger charge is -2.24. The Bertz CT molecular complexity index is 1120. The molecule has 1 heterocycles. The molecule has 4 aromatic rings. The first kappa shape index (κ1) is 21.3. The summed E-state index contributed by atoms with van der Waals surface area (Å²) >= 11 is 0. The Balaban J connectivity index is 1.54. The predicted octanol–water partition coefficient (Wildman–Crippen LogP) is 4.86. The van der Waals surface area contributed by atoms with Crippen molar-refractivity contribution in [3.63, 3.8) is 0 Å². The maximum atomic E-state index is 13.1. The highest BCUT2D eigenvalue weighted by molar-refractivity contribution is 5.96. The van der Waals surface area contributed by atoms with Gasteiger partial charge in [0.25, 0.3) is 0 Å². The summed E-state index contributed by atoms with van der Waals surface area (Å²) in [5, 5.41) is 2.96. The number of amides is 1. The largest absolute Gasteiger partial charge is 0.494 e. The number of nitrogens with one attached hydrogen (secondary N) is 1. The second kappa shape index (κ2) is 9.90. The van der Waals surface area contributed by atoms with Crippen molar-refractivity contribution in [2.45, 2.75) is 12.0 Å². The number of anilines is 1. The van der Waals surface area contributed by atoms with Gasteiger partial charge in [-0.15, -0.1) is 0 Å². The van der Waals surface area contributed by atoms with Gasteiger partial charge in [0, 0.05) is 23.4 Å². The third-order valence-electron chi connectivity index (χ3n) is 5.45. The van der Waals surface area contributed by atoms with Crippen molar-refractivity contribution in [3.8, 4) is 16.9 Å². The van der Waals surface area contributed by atoms with Gasteiger partial charge >= 0.3 is 0 Å². The summed E-state index contributed by atoms with van der Waals surface area (Å²) < 4.78 is 5.39. The molecule has 5 nitrogen and oxygen atoms in total. The van der Waals surface area contributed by atoms with Crippen LogP contribution in [0.5, 0.6) is 5.75 Å². The van der Waals surface area contributed by atoms with Crippen LogP contribution in [-0.4, -0.2) is 24.0 Å². The molecule has 1 aromatic heterocycles. The van der Waals surface area contributed by atoms with Gasteiger partial charge < -0.3 is 15.8 Å². The Kier molecular flexibility index (Phi) is 6.58. The van der Waals surface area contributed by atoms with Crippen molar-refractivity contribution < 1.29 is 9.53 Å². The first-order valence-corrected chi connectivity index (χ1v) is 10.4. The van der Waals surface area contributed by atoms with E-state index in [2.05, 4.69) is 10.3 Å². The molecule has 32 heavy (non-hydrogen) atoms. The van der Waals surface area contributed by atoms with Crippen molar-refractivity contribution in [2.75, 3.05) is 12.4 Å².